The zero-order valence-electron chi connectivity index (χ0n) is 14.2. The van der Waals surface area contributed by atoms with Gasteiger partial charge in [-0.25, -0.2) is 4.39 Å². The minimum Gasteiger partial charge on any atom is -0.338 e. The van der Waals surface area contributed by atoms with E-state index < -0.39 is 5.82 Å². The normalized spacial score (nSPS) is 22.0. The molecule has 6 nitrogen and oxygen atoms in total. The van der Waals surface area contributed by atoms with Gasteiger partial charge in [0.1, 0.15) is 17.9 Å². The van der Waals surface area contributed by atoms with Crippen molar-refractivity contribution in [3.63, 3.8) is 0 Å². The third kappa shape index (κ3) is 3.41. The van der Waals surface area contributed by atoms with Crippen molar-refractivity contribution in [1.82, 2.24) is 19.9 Å². The average Bonchev–Trinajstić information content (AvgIpc) is 3.36. The Morgan fingerprint density at radius 1 is 1.36 bits per heavy atom. The SMILES string of the molecule is CN1CCN(Cc2ccc(F)c(C#N)c2)C[C@@H]1c1nc(C2CC2)no1. The van der Waals surface area contributed by atoms with Crippen LogP contribution in [0.15, 0.2) is 22.7 Å². The van der Waals surface area contributed by atoms with Crippen LogP contribution in [0.4, 0.5) is 4.39 Å². The van der Waals surface area contributed by atoms with E-state index in [0.717, 1.165) is 43.9 Å². The molecule has 4 rings (SSSR count). The summed E-state index contributed by atoms with van der Waals surface area (Å²) < 4.78 is 19.0. The molecule has 2 heterocycles. The molecular weight excluding hydrogens is 321 g/mol. The molecule has 0 N–H and O–H groups in total. The van der Waals surface area contributed by atoms with E-state index in [4.69, 9.17) is 9.78 Å². The fourth-order valence-electron chi connectivity index (χ4n) is 3.25. The Balaban J connectivity index is 1.47. The van der Waals surface area contributed by atoms with E-state index in [1.165, 1.54) is 6.07 Å². The number of aromatic nitrogens is 2. The summed E-state index contributed by atoms with van der Waals surface area (Å²) in [5.74, 6) is 1.51. The first-order valence-electron chi connectivity index (χ1n) is 8.58. The zero-order chi connectivity index (χ0) is 17.4. The van der Waals surface area contributed by atoms with Gasteiger partial charge in [-0.1, -0.05) is 11.2 Å². The highest BCUT2D eigenvalue weighted by Crippen LogP contribution is 2.38. The highest BCUT2D eigenvalue weighted by atomic mass is 19.1. The molecular formula is C18H20FN5O. The molecule has 1 atom stereocenters. The van der Waals surface area contributed by atoms with Crippen molar-refractivity contribution in [2.24, 2.45) is 0 Å². The average molecular weight is 341 g/mol. The fraction of sp³-hybridized carbons (Fsp3) is 0.500. The lowest BCUT2D eigenvalue weighted by molar-refractivity contribution is 0.0714. The first-order valence-corrected chi connectivity index (χ1v) is 8.58. The van der Waals surface area contributed by atoms with Crippen LogP contribution in [-0.4, -0.2) is 46.6 Å². The van der Waals surface area contributed by atoms with Crippen LogP contribution in [0.25, 0.3) is 0 Å². The van der Waals surface area contributed by atoms with Crippen molar-refractivity contribution >= 4 is 0 Å². The fourth-order valence-corrected chi connectivity index (χ4v) is 3.25. The molecule has 0 spiro atoms. The van der Waals surface area contributed by atoms with Crippen LogP contribution in [0.5, 0.6) is 0 Å². The number of hydrogen-bond acceptors (Lipinski definition) is 6. The molecule has 2 fully saturated rings. The molecule has 0 unspecified atom stereocenters. The monoisotopic (exact) mass is 341 g/mol. The van der Waals surface area contributed by atoms with Gasteiger partial charge >= 0.3 is 0 Å². The minimum absolute atomic E-state index is 0.0598. The molecule has 25 heavy (non-hydrogen) atoms. The molecule has 1 aliphatic heterocycles. The molecule has 1 aromatic carbocycles. The summed E-state index contributed by atoms with van der Waals surface area (Å²) in [6.07, 6.45) is 2.30. The molecule has 1 aromatic heterocycles. The third-order valence-corrected chi connectivity index (χ3v) is 4.97. The Morgan fingerprint density at radius 2 is 2.20 bits per heavy atom. The molecule has 7 heteroatoms. The maximum absolute atomic E-state index is 13.5. The van der Waals surface area contributed by atoms with Gasteiger partial charge in [-0.15, -0.1) is 0 Å². The standard InChI is InChI=1S/C18H20FN5O/c1-23-6-7-24(10-12-2-5-15(19)14(8-12)9-20)11-16(23)18-21-17(22-25-18)13-3-4-13/h2,5,8,13,16H,3-4,6-7,10-11H2,1H3/t16-/m1/s1. The van der Waals surface area contributed by atoms with Crippen LogP contribution in [0, 0.1) is 17.1 Å². The van der Waals surface area contributed by atoms with E-state index in [2.05, 4.69) is 27.0 Å². The van der Waals surface area contributed by atoms with Gasteiger partial charge in [-0.3, -0.25) is 9.80 Å². The maximum Gasteiger partial charge on any atom is 0.245 e. The van der Waals surface area contributed by atoms with Crippen LogP contribution >= 0.6 is 0 Å². The van der Waals surface area contributed by atoms with Crippen LogP contribution in [0.2, 0.25) is 0 Å². The molecule has 0 amide bonds. The van der Waals surface area contributed by atoms with E-state index in [1.54, 1.807) is 12.1 Å². The van der Waals surface area contributed by atoms with Gasteiger partial charge in [0.25, 0.3) is 0 Å². The summed E-state index contributed by atoms with van der Waals surface area (Å²) in [5.41, 5.74) is 1.03. The Bertz CT molecular complexity index is 810. The van der Waals surface area contributed by atoms with Gasteiger partial charge in [0.05, 0.1) is 5.56 Å². The van der Waals surface area contributed by atoms with Crippen molar-refractivity contribution < 1.29 is 8.91 Å². The van der Waals surface area contributed by atoms with Crippen molar-refractivity contribution in [2.45, 2.75) is 31.3 Å². The predicted octanol–water partition coefficient (Wildman–Crippen LogP) is 2.45. The summed E-state index contributed by atoms with van der Waals surface area (Å²) in [6, 6.07) is 6.68. The van der Waals surface area contributed by atoms with E-state index in [0.29, 0.717) is 18.4 Å². The maximum atomic E-state index is 13.5. The molecule has 1 aliphatic carbocycles. The van der Waals surface area contributed by atoms with Gasteiger partial charge in [-0.05, 0) is 37.6 Å². The molecule has 0 bridgehead atoms. The summed E-state index contributed by atoms with van der Waals surface area (Å²) in [5, 5.41) is 13.1. The second-order valence-corrected chi connectivity index (χ2v) is 6.92. The molecule has 2 aliphatic rings. The Kier molecular flexibility index (Phi) is 4.24. The van der Waals surface area contributed by atoms with Gasteiger partial charge < -0.3 is 4.52 Å². The highest BCUT2D eigenvalue weighted by molar-refractivity contribution is 5.34. The van der Waals surface area contributed by atoms with Crippen molar-refractivity contribution in [3.8, 4) is 6.07 Å². The Hall–Kier alpha value is -2.30. The molecule has 1 saturated heterocycles. The van der Waals surface area contributed by atoms with Crippen LogP contribution in [0.3, 0.4) is 0 Å². The molecule has 1 saturated carbocycles. The van der Waals surface area contributed by atoms with Crippen LogP contribution in [0.1, 0.15) is 47.6 Å². The van der Waals surface area contributed by atoms with Crippen LogP contribution < -0.4 is 0 Å². The lowest BCUT2D eigenvalue weighted by atomic mass is 10.1. The number of likely N-dealkylation sites (N-methyl/N-ethyl adjacent to an activating group) is 1. The van der Waals surface area contributed by atoms with E-state index in [9.17, 15) is 4.39 Å². The first kappa shape index (κ1) is 16.2. The number of nitrogens with zero attached hydrogens (tertiary/aromatic N) is 5. The highest BCUT2D eigenvalue weighted by Gasteiger charge is 2.33. The topological polar surface area (TPSA) is 69.2 Å². The molecule has 0 radical (unpaired) electrons. The van der Waals surface area contributed by atoms with E-state index in [1.807, 2.05) is 6.07 Å². The zero-order valence-corrected chi connectivity index (χ0v) is 14.2. The van der Waals surface area contributed by atoms with Gasteiger partial charge in [-0.2, -0.15) is 10.2 Å². The minimum atomic E-state index is -0.471. The number of piperazine rings is 1. The summed E-state index contributed by atoms with van der Waals surface area (Å²) in [4.78, 5) is 9.09. The van der Waals surface area contributed by atoms with Gasteiger partial charge in [0.2, 0.25) is 5.89 Å². The van der Waals surface area contributed by atoms with Crippen LogP contribution in [-0.2, 0) is 6.54 Å². The van der Waals surface area contributed by atoms with E-state index in [-0.39, 0.29) is 11.6 Å². The Labute approximate surface area is 145 Å². The van der Waals surface area contributed by atoms with Crippen molar-refractivity contribution in [3.05, 3.63) is 46.9 Å². The largest absolute Gasteiger partial charge is 0.338 e. The smallest absolute Gasteiger partial charge is 0.245 e. The quantitative estimate of drug-likeness (QED) is 0.851. The lowest BCUT2D eigenvalue weighted by Crippen LogP contribution is -2.46. The number of nitriles is 1. The summed E-state index contributed by atoms with van der Waals surface area (Å²) in [6.45, 7) is 3.22. The number of rotatable bonds is 4. The lowest BCUT2D eigenvalue weighted by Gasteiger charge is -2.37. The van der Waals surface area contributed by atoms with Gasteiger partial charge in [0.15, 0.2) is 5.82 Å². The third-order valence-electron chi connectivity index (χ3n) is 4.97. The first-order chi connectivity index (χ1) is 12.1. The summed E-state index contributed by atoms with van der Waals surface area (Å²) >= 11 is 0. The second-order valence-electron chi connectivity index (χ2n) is 6.92. The number of hydrogen-bond donors (Lipinski definition) is 0. The summed E-state index contributed by atoms with van der Waals surface area (Å²) in [7, 11) is 2.06. The molecule has 2 aromatic rings. The van der Waals surface area contributed by atoms with Crippen molar-refractivity contribution in [1.29, 1.82) is 5.26 Å². The Morgan fingerprint density at radius 3 is 2.96 bits per heavy atom. The molecule has 130 valence electrons. The van der Waals surface area contributed by atoms with Gasteiger partial charge in [0, 0.05) is 32.1 Å². The number of halogens is 1. The van der Waals surface area contributed by atoms with E-state index >= 15 is 0 Å². The number of benzene rings is 1. The second kappa shape index (κ2) is 6.54. The predicted molar refractivity (Wildman–Crippen MR) is 88.0 cm³/mol. The van der Waals surface area contributed by atoms with Crippen molar-refractivity contribution in [2.75, 3.05) is 26.7 Å².